The molecule has 2 bridgehead atoms. The van der Waals surface area contributed by atoms with Crippen molar-refractivity contribution in [3.63, 3.8) is 0 Å². The summed E-state index contributed by atoms with van der Waals surface area (Å²) in [4.78, 5) is 38.2. The van der Waals surface area contributed by atoms with Crippen molar-refractivity contribution < 1.29 is 27.6 Å². The molecule has 4 rings (SSSR count). The largest absolute Gasteiger partial charge is 0.418 e. The lowest BCUT2D eigenvalue weighted by Crippen LogP contribution is -2.39. The van der Waals surface area contributed by atoms with Crippen LogP contribution in [0.25, 0.3) is 0 Å². The van der Waals surface area contributed by atoms with E-state index >= 15 is 0 Å². The molecule has 4 atom stereocenters. The van der Waals surface area contributed by atoms with Crippen molar-refractivity contribution >= 4 is 23.4 Å². The van der Waals surface area contributed by atoms with E-state index < -0.39 is 24.2 Å². The number of carbonyl (C=O) groups is 3. The highest BCUT2D eigenvalue weighted by molar-refractivity contribution is 6.09. The van der Waals surface area contributed by atoms with Crippen molar-refractivity contribution in [2.45, 2.75) is 25.4 Å². The molecule has 0 unspecified atom stereocenters. The molecular weight excluding hydrogens is 349 g/mol. The van der Waals surface area contributed by atoms with Gasteiger partial charge >= 0.3 is 6.18 Å². The second-order valence-corrected chi connectivity index (χ2v) is 7.24. The molecule has 1 saturated heterocycles. The highest BCUT2D eigenvalue weighted by atomic mass is 19.4. The van der Waals surface area contributed by atoms with Crippen LogP contribution in [0.1, 0.15) is 24.8 Å². The molecule has 2 saturated carbocycles. The van der Waals surface area contributed by atoms with E-state index in [1.807, 2.05) is 0 Å². The number of benzene rings is 1. The molecule has 26 heavy (non-hydrogen) atoms. The summed E-state index contributed by atoms with van der Waals surface area (Å²) in [6, 6.07) is 4.61. The van der Waals surface area contributed by atoms with Crippen LogP contribution >= 0.6 is 0 Å². The third-order valence-electron chi connectivity index (χ3n) is 5.83. The maximum absolute atomic E-state index is 13.0. The molecule has 1 aromatic carbocycles. The summed E-state index contributed by atoms with van der Waals surface area (Å²) in [6.07, 6.45) is -1.89. The first-order valence-corrected chi connectivity index (χ1v) is 8.58. The quantitative estimate of drug-likeness (QED) is 0.837. The fourth-order valence-electron chi connectivity index (χ4n) is 4.80. The lowest BCUT2D eigenvalue weighted by molar-refractivity contribution is -0.143. The molecule has 5 nitrogen and oxygen atoms in total. The first-order chi connectivity index (χ1) is 12.3. The highest BCUT2D eigenvalue weighted by Crippen LogP contribution is 2.56. The fraction of sp³-hybridized carbons (Fsp3) is 0.500. The molecular formula is C18H17F3N2O3. The Hall–Kier alpha value is -2.38. The Balaban J connectivity index is 1.48. The van der Waals surface area contributed by atoms with Gasteiger partial charge in [0.1, 0.15) is 6.54 Å². The van der Waals surface area contributed by atoms with Gasteiger partial charge in [-0.05, 0) is 43.2 Å². The molecule has 3 aliphatic rings. The maximum atomic E-state index is 13.0. The smallest absolute Gasteiger partial charge is 0.324 e. The number of imide groups is 1. The second-order valence-electron chi connectivity index (χ2n) is 7.24. The highest BCUT2D eigenvalue weighted by Gasteiger charge is 2.60. The van der Waals surface area contributed by atoms with Gasteiger partial charge in [-0.2, -0.15) is 13.2 Å². The average molecular weight is 366 g/mol. The summed E-state index contributed by atoms with van der Waals surface area (Å²) >= 11 is 0. The summed E-state index contributed by atoms with van der Waals surface area (Å²) in [6.45, 7) is -0.545. The van der Waals surface area contributed by atoms with E-state index in [1.165, 1.54) is 12.1 Å². The first kappa shape index (κ1) is 17.1. The number of alkyl halides is 3. The molecule has 8 heteroatoms. The number of halogens is 3. The van der Waals surface area contributed by atoms with Crippen molar-refractivity contribution in [1.29, 1.82) is 0 Å². The zero-order valence-electron chi connectivity index (χ0n) is 13.8. The van der Waals surface area contributed by atoms with Crippen LogP contribution in [0.2, 0.25) is 0 Å². The molecule has 3 amide bonds. The fourth-order valence-corrected chi connectivity index (χ4v) is 4.80. The molecule has 138 valence electrons. The van der Waals surface area contributed by atoms with Crippen LogP contribution in [0.4, 0.5) is 18.9 Å². The predicted octanol–water partition coefficient (Wildman–Crippen LogP) is 2.68. The lowest BCUT2D eigenvalue weighted by atomic mass is 9.81. The van der Waals surface area contributed by atoms with Gasteiger partial charge < -0.3 is 5.32 Å². The number of nitrogens with one attached hydrogen (secondary N) is 1. The van der Waals surface area contributed by atoms with Crippen molar-refractivity contribution in [3.05, 3.63) is 29.8 Å². The molecule has 0 aromatic heterocycles. The van der Waals surface area contributed by atoms with E-state index in [9.17, 15) is 27.6 Å². The van der Waals surface area contributed by atoms with E-state index in [4.69, 9.17) is 0 Å². The van der Waals surface area contributed by atoms with Crippen molar-refractivity contribution in [3.8, 4) is 0 Å². The second kappa shape index (κ2) is 5.82. The molecule has 0 spiro atoms. The van der Waals surface area contributed by atoms with Gasteiger partial charge in [-0.15, -0.1) is 0 Å². The van der Waals surface area contributed by atoms with Gasteiger partial charge in [-0.3, -0.25) is 19.3 Å². The Kier molecular flexibility index (Phi) is 3.82. The Morgan fingerprint density at radius 2 is 1.65 bits per heavy atom. The number of carbonyl (C=O) groups excluding carboxylic acids is 3. The van der Waals surface area contributed by atoms with Gasteiger partial charge in [-0.25, -0.2) is 0 Å². The zero-order valence-corrected chi connectivity index (χ0v) is 13.8. The van der Waals surface area contributed by atoms with E-state index in [0.717, 1.165) is 36.3 Å². The van der Waals surface area contributed by atoms with Crippen molar-refractivity contribution in [2.24, 2.45) is 23.7 Å². The number of hydrogen-bond acceptors (Lipinski definition) is 3. The Labute approximate surface area is 147 Å². The van der Waals surface area contributed by atoms with E-state index in [0.29, 0.717) is 0 Å². The standard InChI is InChI=1S/C18H17F3N2O3/c19-18(20,21)11-3-1-2-4-12(11)22-13(24)8-23-16(25)14-9-5-6-10(7-9)15(14)17(23)26/h1-4,9-10,14-15H,5-8H2,(H,22,24)/t9-,10-,14-,15+/m1/s1. The topological polar surface area (TPSA) is 66.5 Å². The summed E-state index contributed by atoms with van der Waals surface area (Å²) in [5.41, 5.74) is -1.35. The van der Waals surface area contributed by atoms with Gasteiger partial charge in [0.2, 0.25) is 17.7 Å². The minimum atomic E-state index is -4.61. The number of fused-ring (bicyclic) bond motifs is 5. The normalized spacial score (nSPS) is 30.0. The summed E-state index contributed by atoms with van der Waals surface area (Å²) in [7, 11) is 0. The number of para-hydroxylation sites is 1. The summed E-state index contributed by atoms with van der Waals surface area (Å²) in [5.74, 6) is -1.83. The van der Waals surface area contributed by atoms with Crippen molar-refractivity contribution in [1.82, 2.24) is 4.90 Å². The summed E-state index contributed by atoms with van der Waals surface area (Å²) < 4.78 is 39.0. The number of likely N-dealkylation sites (tertiary alicyclic amines) is 1. The zero-order chi connectivity index (χ0) is 18.6. The van der Waals surface area contributed by atoms with E-state index in [2.05, 4.69) is 5.32 Å². The number of nitrogens with zero attached hydrogens (tertiary/aromatic N) is 1. The SMILES string of the molecule is O=C(CN1C(=O)[C@@H]2[C@@H]3CC[C@H](C3)[C@@H]2C1=O)Nc1ccccc1C(F)(F)F. The van der Waals surface area contributed by atoms with Crippen LogP contribution in [0.15, 0.2) is 24.3 Å². The minimum absolute atomic E-state index is 0.195. The molecule has 0 radical (unpaired) electrons. The number of anilines is 1. The lowest BCUT2D eigenvalue weighted by Gasteiger charge is -2.19. The molecule has 1 aromatic rings. The molecule has 1 aliphatic heterocycles. The van der Waals surface area contributed by atoms with Gasteiger partial charge in [-0.1, -0.05) is 12.1 Å². The van der Waals surface area contributed by atoms with Gasteiger partial charge in [0.25, 0.3) is 0 Å². The Bertz CT molecular complexity index is 764. The van der Waals surface area contributed by atoms with Crippen LogP contribution in [0, 0.1) is 23.7 Å². The van der Waals surface area contributed by atoms with Crippen LogP contribution in [0.5, 0.6) is 0 Å². The number of rotatable bonds is 3. The van der Waals surface area contributed by atoms with E-state index in [-0.39, 0.29) is 41.2 Å². The van der Waals surface area contributed by atoms with Gasteiger partial charge in [0, 0.05) is 0 Å². The Morgan fingerprint density at radius 3 is 2.23 bits per heavy atom. The van der Waals surface area contributed by atoms with E-state index in [1.54, 1.807) is 0 Å². The predicted molar refractivity (Wildman–Crippen MR) is 84.6 cm³/mol. The third kappa shape index (κ3) is 2.59. The van der Waals surface area contributed by atoms with Gasteiger partial charge in [0.05, 0.1) is 23.1 Å². The molecule has 1 N–H and O–H groups in total. The molecule has 3 fully saturated rings. The summed E-state index contributed by atoms with van der Waals surface area (Å²) in [5, 5.41) is 2.18. The Morgan fingerprint density at radius 1 is 1.08 bits per heavy atom. The van der Waals surface area contributed by atoms with Crippen LogP contribution in [-0.4, -0.2) is 29.2 Å². The minimum Gasteiger partial charge on any atom is -0.324 e. The van der Waals surface area contributed by atoms with Crippen LogP contribution in [-0.2, 0) is 20.6 Å². The number of amides is 3. The number of hydrogen-bond donors (Lipinski definition) is 1. The van der Waals surface area contributed by atoms with Crippen LogP contribution in [0.3, 0.4) is 0 Å². The van der Waals surface area contributed by atoms with Crippen LogP contribution < -0.4 is 5.32 Å². The average Bonchev–Trinajstić information content (AvgIpc) is 3.24. The molecule has 2 aliphatic carbocycles. The maximum Gasteiger partial charge on any atom is 0.418 e. The van der Waals surface area contributed by atoms with Gasteiger partial charge in [0.15, 0.2) is 0 Å². The first-order valence-electron chi connectivity index (χ1n) is 8.58. The molecule has 1 heterocycles. The third-order valence-corrected chi connectivity index (χ3v) is 5.83. The monoisotopic (exact) mass is 366 g/mol. The van der Waals surface area contributed by atoms with Crippen molar-refractivity contribution in [2.75, 3.05) is 11.9 Å².